The van der Waals surface area contributed by atoms with Crippen molar-refractivity contribution < 1.29 is 14.3 Å². The van der Waals surface area contributed by atoms with Gasteiger partial charge in [-0.15, -0.1) is 11.3 Å². The van der Waals surface area contributed by atoms with Crippen molar-refractivity contribution in [3.05, 3.63) is 46.4 Å². The molecule has 1 aliphatic heterocycles. The summed E-state index contributed by atoms with van der Waals surface area (Å²) < 4.78 is 4.98. The van der Waals surface area contributed by atoms with E-state index in [0.29, 0.717) is 24.7 Å². The maximum absolute atomic E-state index is 12.5. The molecule has 138 valence electrons. The first-order valence-electron chi connectivity index (χ1n) is 8.85. The van der Waals surface area contributed by atoms with E-state index in [1.807, 2.05) is 35.7 Å². The first-order chi connectivity index (χ1) is 12.7. The molecule has 2 heterocycles. The number of hydrogen-bond acceptors (Lipinski definition) is 6. The predicted molar refractivity (Wildman–Crippen MR) is 101 cm³/mol. The van der Waals surface area contributed by atoms with Crippen LogP contribution in [0.3, 0.4) is 0 Å². The number of nitrogens with one attached hydrogen (secondary N) is 1. The van der Waals surface area contributed by atoms with Crippen LogP contribution in [0.2, 0.25) is 0 Å². The van der Waals surface area contributed by atoms with Crippen molar-refractivity contribution in [3.63, 3.8) is 0 Å². The highest BCUT2D eigenvalue weighted by Gasteiger charge is 2.26. The van der Waals surface area contributed by atoms with Gasteiger partial charge in [0.05, 0.1) is 18.2 Å². The average molecular weight is 373 g/mol. The van der Waals surface area contributed by atoms with Crippen molar-refractivity contribution >= 4 is 28.9 Å². The van der Waals surface area contributed by atoms with Crippen LogP contribution in [0.1, 0.15) is 35.3 Å². The van der Waals surface area contributed by atoms with Crippen LogP contribution in [0.4, 0.5) is 5.69 Å². The minimum absolute atomic E-state index is 0.0351. The number of nitrogens with zero attached hydrogens (tertiary/aromatic N) is 2. The van der Waals surface area contributed by atoms with Gasteiger partial charge in [-0.3, -0.25) is 9.69 Å². The zero-order valence-electron chi connectivity index (χ0n) is 14.8. The Kier molecular flexibility index (Phi) is 6.35. The van der Waals surface area contributed by atoms with Crippen LogP contribution in [0.25, 0.3) is 0 Å². The zero-order valence-corrected chi connectivity index (χ0v) is 15.6. The van der Waals surface area contributed by atoms with Gasteiger partial charge in [-0.2, -0.15) is 0 Å². The van der Waals surface area contributed by atoms with Crippen molar-refractivity contribution in [1.29, 1.82) is 0 Å². The van der Waals surface area contributed by atoms with E-state index in [0.717, 1.165) is 30.8 Å². The number of amides is 1. The summed E-state index contributed by atoms with van der Waals surface area (Å²) in [5.74, 6) is -0.346. The highest BCUT2D eigenvalue weighted by atomic mass is 32.1. The largest absolute Gasteiger partial charge is 0.461 e. The van der Waals surface area contributed by atoms with Gasteiger partial charge >= 0.3 is 5.97 Å². The summed E-state index contributed by atoms with van der Waals surface area (Å²) in [5.41, 5.74) is 1.68. The summed E-state index contributed by atoms with van der Waals surface area (Å²) >= 11 is 1.30. The molecule has 2 aromatic rings. The number of hydrogen-bond donors (Lipinski definition) is 1. The predicted octanol–water partition coefficient (Wildman–Crippen LogP) is 3.17. The number of aromatic nitrogens is 1. The maximum Gasteiger partial charge on any atom is 0.367 e. The van der Waals surface area contributed by atoms with Crippen LogP contribution in [-0.4, -0.2) is 41.5 Å². The molecule has 0 aliphatic carbocycles. The average Bonchev–Trinajstić information content (AvgIpc) is 3.11. The number of likely N-dealkylation sites (tertiary alicyclic amines) is 1. The number of anilines is 1. The van der Waals surface area contributed by atoms with Gasteiger partial charge < -0.3 is 10.1 Å². The number of ether oxygens (including phenoxy) is 1. The molecule has 1 saturated heterocycles. The Morgan fingerprint density at radius 2 is 2.15 bits per heavy atom. The topological polar surface area (TPSA) is 71.5 Å². The van der Waals surface area contributed by atoms with E-state index >= 15 is 0 Å². The Labute approximate surface area is 157 Å². The van der Waals surface area contributed by atoms with E-state index in [1.165, 1.54) is 11.3 Å². The molecule has 0 unspecified atom stereocenters. The van der Waals surface area contributed by atoms with Crippen molar-refractivity contribution in [2.75, 3.05) is 25.0 Å². The molecule has 0 bridgehead atoms. The summed E-state index contributed by atoms with van der Waals surface area (Å²) in [6.45, 7) is 4.40. The number of rotatable bonds is 6. The van der Waals surface area contributed by atoms with Crippen molar-refractivity contribution in [2.24, 2.45) is 5.92 Å². The minimum atomic E-state index is -0.373. The van der Waals surface area contributed by atoms with Crippen LogP contribution < -0.4 is 5.32 Å². The summed E-state index contributed by atoms with van der Waals surface area (Å²) in [5, 5.41) is 5.26. The maximum atomic E-state index is 12.5. The zero-order chi connectivity index (χ0) is 18.4. The molecule has 1 aromatic heterocycles. The van der Waals surface area contributed by atoms with E-state index < -0.39 is 0 Å². The molecule has 1 aromatic carbocycles. The molecule has 1 atom stereocenters. The van der Waals surface area contributed by atoms with Crippen molar-refractivity contribution in [1.82, 2.24) is 9.88 Å². The number of carbonyl (C=O) groups excluding carboxylic acids is 2. The monoisotopic (exact) mass is 373 g/mol. The SMILES string of the molecule is CCOC(=O)c1nc(CN2CCC[C@H](C(=O)Nc3ccccc3)C2)cs1. The Hall–Kier alpha value is -2.25. The molecule has 1 aliphatic rings. The molecular formula is C19H23N3O3S. The normalized spacial score (nSPS) is 17.7. The Bertz CT molecular complexity index is 747. The third kappa shape index (κ3) is 4.89. The molecule has 6 nitrogen and oxygen atoms in total. The van der Waals surface area contributed by atoms with Crippen LogP contribution in [0.5, 0.6) is 0 Å². The smallest absolute Gasteiger partial charge is 0.367 e. The quantitative estimate of drug-likeness (QED) is 0.788. The van der Waals surface area contributed by atoms with Gasteiger partial charge in [0, 0.05) is 24.2 Å². The van der Waals surface area contributed by atoms with Crippen molar-refractivity contribution in [2.45, 2.75) is 26.3 Å². The van der Waals surface area contributed by atoms with Gasteiger partial charge in [-0.25, -0.2) is 9.78 Å². The van der Waals surface area contributed by atoms with Gasteiger partial charge in [0.15, 0.2) is 0 Å². The first kappa shape index (κ1) is 18.5. The third-order valence-electron chi connectivity index (χ3n) is 4.31. The number of thiazole rings is 1. The molecule has 0 radical (unpaired) electrons. The number of carbonyl (C=O) groups is 2. The fourth-order valence-corrected chi connectivity index (χ4v) is 3.77. The third-order valence-corrected chi connectivity index (χ3v) is 5.18. The van der Waals surface area contributed by atoms with E-state index in [-0.39, 0.29) is 17.8 Å². The van der Waals surface area contributed by atoms with Gasteiger partial charge in [-0.05, 0) is 38.4 Å². The highest BCUT2D eigenvalue weighted by molar-refractivity contribution is 7.11. The molecule has 0 saturated carbocycles. The van der Waals surface area contributed by atoms with Gasteiger partial charge in [0.1, 0.15) is 0 Å². The van der Waals surface area contributed by atoms with E-state index in [2.05, 4.69) is 15.2 Å². The van der Waals surface area contributed by atoms with E-state index in [4.69, 9.17) is 4.74 Å². The molecule has 1 fully saturated rings. The Balaban J connectivity index is 1.55. The van der Waals surface area contributed by atoms with Gasteiger partial charge in [0.2, 0.25) is 10.9 Å². The number of benzene rings is 1. The lowest BCUT2D eigenvalue weighted by Crippen LogP contribution is -2.40. The Morgan fingerprint density at radius 3 is 2.92 bits per heavy atom. The molecule has 0 spiro atoms. The molecule has 1 amide bonds. The molecule has 7 heteroatoms. The van der Waals surface area contributed by atoms with Gasteiger partial charge in [0.25, 0.3) is 0 Å². The molecule has 26 heavy (non-hydrogen) atoms. The molecular weight excluding hydrogens is 350 g/mol. The lowest BCUT2D eigenvalue weighted by Gasteiger charge is -2.31. The fourth-order valence-electron chi connectivity index (χ4n) is 3.07. The van der Waals surface area contributed by atoms with Crippen LogP contribution in [-0.2, 0) is 16.1 Å². The van der Waals surface area contributed by atoms with Crippen molar-refractivity contribution in [3.8, 4) is 0 Å². The van der Waals surface area contributed by atoms with Crippen LogP contribution >= 0.6 is 11.3 Å². The van der Waals surface area contributed by atoms with E-state index in [9.17, 15) is 9.59 Å². The molecule has 1 N–H and O–H groups in total. The summed E-state index contributed by atoms with van der Waals surface area (Å²) in [4.78, 5) is 30.8. The summed E-state index contributed by atoms with van der Waals surface area (Å²) in [6, 6.07) is 9.53. The second-order valence-electron chi connectivity index (χ2n) is 6.29. The second-order valence-corrected chi connectivity index (χ2v) is 7.15. The molecule has 3 rings (SSSR count). The van der Waals surface area contributed by atoms with E-state index in [1.54, 1.807) is 6.92 Å². The Morgan fingerprint density at radius 1 is 1.35 bits per heavy atom. The minimum Gasteiger partial charge on any atom is -0.461 e. The van der Waals surface area contributed by atoms with Crippen LogP contribution in [0.15, 0.2) is 35.7 Å². The lowest BCUT2D eigenvalue weighted by molar-refractivity contribution is -0.121. The lowest BCUT2D eigenvalue weighted by atomic mass is 9.97. The second kappa shape index (κ2) is 8.91. The number of piperidine rings is 1. The number of esters is 1. The number of para-hydroxylation sites is 1. The highest BCUT2D eigenvalue weighted by Crippen LogP contribution is 2.21. The van der Waals surface area contributed by atoms with Gasteiger partial charge in [-0.1, -0.05) is 18.2 Å². The van der Waals surface area contributed by atoms with Crippen LogP contribution in [0, 0.1) is 5.92 Å². The summed E-state index contributed by atoms with van der Waals surface area (Å²) in [7, 11) is 0. The summed E-state index contributed by atoms with van der Waals surface area (Å²) in [6.07, 6.45) is 1.86. The fraction of sp³-hybridized carbons (Fsp3) is 0.421. The first-order valence-corrected chi connectivity index (χ1v) is 9.73. The standard InChI is InChI=1S/C19H23N3O3S/c1-2-25-19(24)18-21-16(13-26-18)12-22-10-6-7-14(11-22)17(23)20-15-8-4-3-5-9-15/h3-5,8-9,13-14H,2,6-7,10-12H2,1H3,(H,20,23)/t14-/m0/s1.